The zero-order valence-corrected chi connectivity index (χ0v) is 12.0. The van der Waals surface area contributed by atoms with Crippen molar-refractivity contribution in [3.05, 3.63) is 0 Å². The van der Waals surface area contributed by atoms with E-state index in [1.54, 1.807) is 0 Å². The molecule has 3 heteroatoms. The first-order chi connectivity index (χ1) is 8.06. The van der Waals surface area contributed by atoms with Crippen LogP contribution in [0.25, 0.3) is 0 Å². The van der Waals surface area contributed by atoms with Crippen LogP contribution in [0.4, 0.5) is 0 Å². The van der Waals surface area contributed by atoms with E-state index in [-0.39, 0.29) is 5.41 Å². The van der Waals surface area contributed by atoms with E-state index in [2.05, 4.69) is 19.6 Å². The Labute approximate surface area is 111 Å². The van der Waals surface area contributed by atoms with Crippen LogP contribution in [0.2, 0.25) is 0 Å². The van der Waals surface area contributed by atoms with Crippen LogP contribution < -0.4 is 0 Å². The Hall–Kier alpha value is -0.180. The summed E-state index contributed by atoms with van der Waals surface area (Å²) in [5.74, 6) is 2.06. The van der Waals surface area contributed by atoms with Gasteiger partial charge in [0.05, 0.1) is 0 Å². The molecule has 0 unspecified atom stereocenters. The van der Waals surface area contributed by atoms with Crippen molar-refractivity contribution in [2.75, 3.05) is 12.8 Å². The average Bonchev–Trinajstić information content (AvgIpc) is 3.09. The molecule has 2 nitrogen and oxygen atoms in total. The van der Waals surface area contributed by atoms with Crippen molar-refractivity contribution in [2.24, 2.45) is 11.3 Å². The molecule has 17 heavy (non-hydrogen) atoms. The number of carbonyl (C=O) groups excluding carboxylic acids is 1. The topological polar surface area (TPSA) is 20.3 Å². The third kappa shape index (κ3) is 3.18. The van der Waals surface area contributed by atoms with E-state index in [0.717, 1.165) is 18.1 Å². The molecule has 2 rings (SSSR count). The van der Waals surface area contributed by atoms with E-state index >= 15 is 0 Å². The standard InChI is InChI=1S/C14H25NOS/c1-11-3-5-12(6-4-11)15(2)13(16)9-14(10-17)7-8-14/h11-12,17H,3-10H2,1-2H3. The molecule has 0 bridgehead atoms. The summed E-state index contributed by atoms with van der Waals surface area (Å²) in [4.78, 5) is 14.3. The molecule has 2 aliphatic rings. The summed E-state index contributed by atoms with van der Waals surface area (Å²) >= 11 is 4.37. The first-order valence-electron chi connectivity index (χ1n) is 6.93. The number of amides is 1. The maximum atomic E-state index is 12.2. The number of hydrogen-bond donors (Lipinski definition) is 1. The molecule has 0 spiro atoms. The maximum absolute atomic E-state index is 12.2. The van der Waals surface area contributed by atoms with Crippen molar-refractivity contribution in [3.8, 4) is 0 Å². The summed E-state index contributed by atoms with van der Waals surface area (Å²) in [5.41, 5.74) is 0.260. The largest absolute Gasteiger partial charge is 0.343 e. The molecule has 2 saturated carbocycles. The Morgan fingerprint density at radius 1 is 1.29 bits per heavy atom. The molecule has 0 aromatic rings. The van der Waals surface area contributed by atoms with Gasteiger partial charge in [-0.3, -0.25) is 4.79 Å². The Balaban J connectivity index is 1.82. The molecule has 0 aromatic carbocycles. The molecule has 0 aliphatic heterocycles. The van der Waals surface area contributed by atoms with Crippen LogP contribution in [0.5, 0.6) is 0 Å². The van der Waals surface area contributed by atoms with Crippen molar-refractivity contribution in [1.29, 1.82) is 0 Å². The van der Waals surface area contributed by atoms with Crippen LogP contribution in [-0.2, 0) is 4.79 Å². The second kappa shape index (κ2) is 5.21. The van der Waals surface area contributed by atoms with E-state index in [1.165, 1.54) is 38.5 Å². The number of carbonyl (C=O) groups is 1. The number of hydrogen-bond acceptors (Lipinski definition) is 2. The summed E-state index contributed by atoms with van der Waals surface area (Å²) in [7, 11) is 2.00. The highest BCUT2D eigenvalue weighted by molar-refractivity contribution is 7.80. The Morgan fingerprint density at radius 2 is 1.88 bits per heavy atom. The van der Waals surface area contributed by atoms with E-state index in [9.17, 15) is 4.79 Å². The first-order valence-corrected chi connectivity index (χ1v) is 7.56. The molecule has 1 amide bonds. The molecule has 0 aromatic heterocycles. The van der Waals surface area contributed by atoms with Crippen LogP contribution in [0.3, 0.4) is 0 Å². The molecule has 0 heterocycles. The molecule has 0 atom stereocenters. The van der Waals surface area contributed by atoms with E-state index in [0.29, 0.717) is 11.9 Å². The van der Waals surface area contributed by atoms with Gasteiger partial charge in [0.15, 0.2) is 0 Å². The SMILES string of the molecule is CC1CCC(N(C)C(=O)CC2(CS)CC2)CC1. The lowest BCUT2D eigenvalue weighted by Crippen LogP contribution is -2.40. The van der Waals surface area contributed by atoms with Gasteiger partial charge in [0.2, 0.25) is 5.91 Å². The second-order valence-corrected chi connectivity index (χ2v) is 6.57. The van der Waals surface area contributed by atoms with Crippen LogP contribution in [-0.4, -0.2) is 29.6 Å². The van der Waals surface area contributed by atoms with Crippen LogP contribution in [0, 0.1) is 11.3 Å². The van der Waals surface area contributed by atoms with Gasteiger partial charge in [0, 0.05) is 19.5 Å². The summed E-state index contributed by atoms with van der Waals surface area (Å²) in [6, 6.07) is 0.495. The van der Waals surface area contributed by atoms with Crippen LogP contribution in [0.15, 0.2) is 0 Å². The molecular weight excluding hydrogens is 230 g/mol. The first kappa shape index (κ1) is 13.3. The van der Waals surface area contributed by atoms with Gasteiger partial charge in [-0.05, 0) is 55.6 Å². The average molecular weight is 255 g/mol. The zero-order valence-electron chi connectivity index (χ0n) is 11.1. The van der Waals surface area contributed by atoms with Gasteiger partial charge in [-0.1, -0.05) is 6.92 Å². The summed E-state index contributed by atoms with van der Waals surface area (Å²) < 4.78 is 0. The molecule has 0 saturated heterocycles. The third-order valence-electron chi connectivity index (χ3n) is 4.75. The molecule has 2 aliphatic carbocycles. The molecular formula is C14H25NOS. The predicted octanol–water partition coefficient (Wildman–Crippen LogP) is 3.12. The van der Waals surface area contributed by atoms with Crippen molar-refractivity contribution in [3.63, 3.8) is 0 Å². The minimum Gasteiger partial charge on any atom is -0.343 e. The highest BCUT2D eigenvalue weighted by atomic mass is 32.1. The normalized spacial score (nSPS) is 31.0. The molecule has 2 fully saturated rings. The van der Waals surface area contributed by atoms with Crippen LogP contribution >= 0.6 is 12.6 Å². The monoisotopic (exact) mass is 255 g/mol. The lowest BCUT2D eigenvalue weighted by Gasteiger charge is -2.34. The van der Waals surface area contributed by atoms with Gasteiger partial charge < -0.3 is 4.90 Å². The van der Waals surface area contributed by atoms with E-state index in [4.69, 9.17) is 0 Å². The Morgan fingerprint density at radius 3 is 2.35 bits per heavy atom. The fraction of sp³-hybridized carbons (Fsp3) is 0.929. The Kier molecular flexibility index (Phi) is 4.06. The molecule has 98 valence electrons. The third-order valence-corrected chi connectivity index (χ3v) is 5.42. The zero-order chi connectivity index (χ0) is 12.5. The van der Waals surface area contributed by atoms with E-state index < -0.39 is 0 Å². The number of thiol groups is 1. The highest BCUT2D eigenvalue weighted by Crippen LogP contribution is 2.50. The van der Waals surface area contributed by atoms with Gasteiger partial charge >= 0.3 is 0 Å². The summed E-state index contributed by atoms with van der Waals surface area (Å²) in [5, 5.41) is 0. The van der Waals surface area contributed by atoms with Crippen molar-refractivity contribution in [1.82, 2.24) is 4.90 Å². The van der Waals surface area contributed by atoms with Crippen LogP contribution in [0.1, 0.15) is 51.9 Å². The van der Waals surface area contributed by atoms with Gasteiger partial charge in [0.25, 0.3) is 0 Å². The lowest BCUT2D eigenvalue weighted by atomic mass is 9.86. The minimum absolute atomic E-state index is 0.260. The lowest BCUT2D eigenvalue weighted by molar-refractivity contribution is -0.133. The van der Waals surface area contributed by atoms with Gasteiger partial charge in [0.1, 0.15) is 0 Å². The summed E-state index contributed by atoms with van der Waals surface area (Å²) in [6.07, 6.45) is 8.04. The Bertz CT molecular complexity index is 280. The maximum Gasteiger partial charge on any atom is 0.223 e. The van der Waals surface area contributed by atoms with Crippen molar-refractivity contribution in [2.45, 2.75) is 57.9 Å². The van der Waals surface area contributed by atoms with Crippen molar-refractivity contribution < 1.29 is 4.79 Å². The minimum atomic E-state index is 0.260. The molecule has 0 N–H and O–H groups in total. The smallest absolute Gasteiger partial charge is 0.223 e. The quantitative estimate of drug-likeness (QED) is 0.765. The van der Waals surface area contributed by atoms with Crippen molar-refractivity contribution >= 4 is 18.5 Å². The highest BCUT2D eigenvalue weighted by Gasteiger charge is 2.44. The number of nitrogens with zero attached hydrogens (tertiary/aromatic N) is 1. The fourth-order valence-electron chi connectivity index (χ4n) is 2.85. The van der Waals surface area contributed by atoms with Gasteiger partial charge in [-0.15, -0.1) is 0 Å². The summed E-state index contributed by atoms with van der Waals surface area (Å²) in [6.45, 7) is 2.32. The number of rotatable bonds is 4. The second-order valence-electron chi connectivity index (χ2n) is 6.25. The van der Waals surface area contributed by atoms with Gasteiger partial charge in [-0.25, -0.2) is 0 Å². The van der Waals surface area contributed by atoms with Gasteiger partial charge in [-0.2, -0.15) is 12.6 Å². The molecule has 0 radical (unpaired) electrons. The fourth-order valence-corrected chi connectivity index (χ4v) is 3.27. The van der Waals surface area contributed by atoms with E-state index in [1.807, 2.05) is 11.9 Å². The predicted molar refractivity (Wildman–Crippen MR) is 74.3 cm³/mol.